The lowest BCUT2D eigenvalue weighted by molar-refractivity contribution is -0.221. The van der Waals surface area contributed by atoms with Gasteiger partial charge in [0.05, 0.1) is 6.10 Å². The normalized spacial score (nSPS) is 51.8. The van der Waals surface area contributed by atoms with E-state index in [0.29, 0.717) is 30.6 Å². The average molecular weight is 348 g/mol. The molecule has 0 aromatic heterocycles. The molecule has 0 bridgehead atoms. The van der Waals surface area contributed by atoms with Crippen LogP contribution in [0.15, 0.2) is 11.6 Å². The fraction of sp³-hybridized carbons (Fsp3) is 0.857. The van der Waals surface area contributed by atoms with Gasteiger partial charge in [-0.15, -0.1) is 0 Å². The Bertz CT molecular complexity index is 613. The molecule has 25 heavy (non-hydrogen) atoms. The van der Waals surface area contributed by atoms with Crippen molar-refractivity contribution in [1.29, 1.82) is 0 Å². The van der Waals surface area contributed by atoms with Crippen LogP contribution in [0, 0.1) is 28.6 Å². The topological polar surface area (TPSA) is 66.8 Å². The molecule has 2 N–H and O–H groups in total. The first-order valence-corrected chi connectivity index (χ1v) is 9.97. The van der Waals surface area contributed by atoms with Crippen molar-refractivity contribution in [3.8, 4) is 0 Å². The van der Waals surface area contributed by atoms with Crippen LogP contribution in [-0.4, -0.2) is 28.1 Å². The molecule has 4 aliphatic rings. The Morgan fingerprint density at radius 2 is 1.92 bits per heavy atom. The molecular formula is C21H32O4. The van der Waals surface area contributed by atoms with Gasteiger partial charge in [0.25, 0.3) is 0 Å². The van der Waals surface area contributed by atoms with Crippen LogP contribution in [0.5, 0.6) is 0 Å². The zero-order valence-corrected chi connectivity index (χ0v) is 15.8. The molecule has 4 heteroatoms. The summed E-state index contributed by atoms with van der Waals surface area (Å²) in [5.41, 5.74) is 1.48. The number of hydrogen-bond donors (Lipinski definition) is 2. The van der Waals surface area contributed by atoms with Gasteiger partial charge in [-0.25, -0.2) is 0 Å². The SMILES string of the molecule is CC(=O)OC1(O)CC[C@@]2(C)C(=CC[C@H]3[C@@H]4CC[C@H](O)[C@@]4(C)CC[C@@H]32)C1. The van der Waals surface area contributed by atoms with E-state index in [1.807, 2.05) is 0 Å². The van der Waals surface area contributed by atoms with Crippen molar-refractivity contribution in [2.75, 3.05) is 0 Å². The molecule has 4 nitrogen and oxygen atoms in total. The fourth-order valence-corrected chi connectivity index (χ4v) is 6.95. The Morgan fingerprint density at radius 1 is 1.16 bits per heavy atom. The van der Waals surface area contributed by atoms with Gasteiger partial charge in [-0.3, -0.25) is 4.79 Å². The molecule has 7 atom stereocenters. The van der Waals surface area contributed by atoms with Gasteiger partial charge in [0.2, 0.25) is 5.79 Å². The minimum absolute atomic E-state index is 0.0933. The molecule has 0 radical (unpaired) electrons. The van der Waals surface area contributed by atoms with Crippen molar-refractivity contribution in [2.24, 2.45) is 28.6 Å². The maximum atomic E-state index is 11.4. The summed E-state index contributed by atoms with van der Waals surface area (Å²) in [7, 11) is 0. The van der Waals surface area contributed by atoms with Gasteiger partial charge in [0.15, 0.2) is 0 Å². The van der Waals surface area contributed by atoms with Crippen molar-refractivity contribution in [1.82, 2.24) is 0 Å². The maximum Gasteiger partial charge on any atom is 0.305 e. The Morgan fingerprint density at radius 3 is 2.64 bits per heavy atom. The first kappa shape index (κ1) is 17.5. The number of aliphatic hydroxyl groups is 2. The first-order valence-electron chi connectivity index (χ1n) is 9.97. The van der Waals surface area contributed by atoms with E-state index in [9.17, 15) is 15.0 Å². The highest BCUT2D eigenvalue weighted by molar-refractivity contribution is 5.66. The quantitative estimate of drug-likeness (QED) is 0.432. The molecule has 4 aliphatic carbocycles. The zero-order valence-electron chi connectivity index (χ0n) is 15.8. The summed E-state index contributed by atoms with van der Waals surface area (Å²) in [5.74, 6) is 0.151. The van der Waals surface area contributed by atoms with E-state index in [1.165, 1.54) is 12.5 Å². The number of rotatable bonds is 1. The standard InChI is InChI=1S/C21H32O4/c1-13(22)25-21(24)11-10-19(2)14(12-21)4-5-15-16-6-7-18(23)20(16,3)9-8-17(15)19/h4,15-18,23-24H,5-12H2,1-3H3/t15-,16-,17-,18-,19-,20-,21?/m0/s1. The van der Waals surface area contributed by atoms with Crippen LogP contribution in [0.2, 0.25) is 0 Å². The Balaban J connectivity index is 1.61. The Hall–Kier alpha value is -0.870. The third-order valence-corrected chi connectivity index (χ3v) is 8.41. The minimum Gasteiger partial charge on any atom is -0.433 e. The third-order valence-electron chi connectivity index (χ3n) is 8.41. The second kappa shape index (κ2) is 5.56. The minimum atomic E-state index is -1.32. The first-order chi connectivity index (χ1) is 11.7. The number of allylic oxidation sites excluding steroid dienone is 1. The van der Waals surface area contributed by atoms with E-state index < -0.39 is 11.8 Å². The molecular weight excluding hydrogens is 316 g/mol. The average Bonchev–Trinajstić information content (AvgIpc) is 2.83. The maximum absolute atomic E-state index is 11.4. The fourth-order valence-electron chi connectivity index (χ4n) is 6.95. The van der Waals surface area contributed by atoms with Crippen molar-refractivity contribution >= 4 is 5.97 Å². The molecule has 0 aromatic rings. The molecule has 1 unspecified atom stereocenters. The summed E-state index contributed by atoms with van der Waals surface area (Å²) in [4.78, 5) is 11.4. The summed E-state index contributed by atoms with van der Waals surface area (Å²) in [5, 5.41) is 21.2. The van der Waals surface area contributed by atoms with Gasteiger partial charge in [0.1, 0.15) is 0 Å². The van der Waals surface area contributed by atoms with Crippen LogP contribution in [-0.2, 0) is 9.53 Å². The number of esters is 1. The number of ether oxygens (including phenoxy) is 1. The molecule has 0 saturated heterocycles. The van der Waals surface area contributed by atoms with Crippen molar-refractivity contribution < 1.29 is 19.7 Å². The van der Waals surface area contributed by atoms with Gasteiger partial charge in [-0.2, -0.15) is 0 Å². The third kappa shape index (κ3) is 2.51. The highest BCUT2D eigenvalue weighted by atomic mass is 16.7. The van der Waals surface area contributed by atoms with Crippen molar-refractivity contribution in [3.63, 3.8) is 0 Å². The summed E-state index contributed by atoms with van der Waals surface area (Å²) in [6.45, 7) is 6.02. The second-order valence-electron chi connectivity index (χ2n) is 9.61. The van der Waals surface area contributed by atoms with Gasteiger partial charge in [-0.1, -0.05) is 25.5 Å². The number of aliphatic hydroxyl groups excluding tert-OH is 1. The highest BCUT2D eigenvalue weighted by Crippen LogP contribution is 2.65. The molecule has 0 heterocycles. The number of carbonyl (C=O) groups is 1. The number of fused-ring (bicyclic) bond motifs is 5. The van der Waals surface area contributed by atoms with Crippen molar-refractivity contribution in [3.05, 3.63) is 11.6 Å². The molecule has 0 aliphatic heterocycles. The Labute approximate surface area is 150 Å². The lowest BCUT2D eigenvalue weighted by Gasteiger charge is -2.58. The molecule has 3 saturated carbocycles. The summed E-state index contributed by atoms with van der Waals surface area (Å²) < 4.78 is 5.25. The molecule has 4 rings (SSSR count). The van der Waals surface area contributed by atoms with E-state index in [2.05, 4.69) is 19.9 Å². The highest BCUT2D eigenvalue weighted by Gasteiger charge is 2.59. The summed E-state index contributed by atoms with van der Waals surface area (Å²) in [6.07, 6.45) is 9.44. The molecule has 3 fully saturated rings. The van der Waals surface area contributed by atoms with E-state index in [1.54, 1.807) is 0 Å². The monoisotopic (exact) mass is 348 g/mol. The van der Waals surface area contributed by atoms with Crippen LogP contribution >= 0.6 is 0 Å². The van der Waals surface area contributed by atoms with E-state index >= 15 is 0 Å². The smallest absolute Gasteiger partial charge is 0.305 e. The number of hydrogen-bond acceptors (Lipinski definition) is 4. The van der Waals surface area contributed by atoms with E-state index in [0.717, 1.165) is 38.5 Å². The van der Waals surface area contributed by atoms with Crippen LogP contribution in [0.25, 0.3) is 0 Å². The lowest BCUT2D eigenvalue weighted by atomic mass is 9.47. The van der Waals surface area contributed by atoms with Crippen LogP contribution < -0.4 is 0 Å². The van der Waals surface area contributed by atoms with E-state index in [4.69, 9.17) is 4.74 Å². The van der Waals surface area contributed by atoms with Gasteiger partial charge in [0, 0.05) is 19.8 Å². The Kier molecular flexibility index (Phi) is 3.90. The molecule has 0 aromatic carbocycles. The van der Waals surface area contributed by atoms with Crippen LogP contribution in [0.4, 0.5) is 0 Å². The predicted molar refractivity (Wildman–Crippen MR) is 94.4 cm³/mol. The van der Waals surface area contributed by atoms with Crippen LogP contribution in [0.3, 0.4) is 0 Å². The summed E-state index contributed by atoms with van der Waals surface area (Å²) in [6, 6.07) is 0. The van der Waals surface area contributed by atoms with E-state index in [-0.39, 0.29) is 16.9 Å². The number of carbonyl (C=O) groups excluding carboxylic acids is 1. The lowest BCUT2D eigenvalue weighted by Crippen LogP contribution is -2.53. The molecule has 0 amide bonds. The van der Waals surface area contributed by atoms with Crippen LogP contribution in [0.1, 0.15) is 72.1 Å². The summed E-state index contributed by atoms with van der Waals surface area (Å²) >= 11 is 0. The second-order valence-corrected chi connectivity index (χ2v) is 9.61. The zero-order chi connectivity index (χ0) is 18.0. The van der Waals surface area contributed by atoms with Gasteiger partial charge >= 0.3 is 5.97 Å². The van der Waals surface area contributed by atoms with Gasteiger partial charge < -0.3 is 14.9 Å². The predicted octanol–water partition coefficient (Wildman–Crippen LogP) is 3.56. The largest absolute Gasteiger partial charge is 0.433 e. The van der Waals surface area contributed by atoms with Gasteiger partial charge in [-0.05, 0) is 67.1 Å². The van der Waals surface area contributed by atoms with Crippen molar-refractivity contribution in [2.45, 2.75) is 84.0 Å². The molecule has 140 valence electrons. The molecule has 0 spiro atoms.